The fourth-order valence-electron chi connectivity index (χ4n) is 1.90. The maximum atomic E-state index is 11.6. The second-order valence-electron chi connectivity index (χ2n) is 4.42. The molecule has 0 bridgehead atoms. The van der Waals surface area contributed by atoms with Crippen molar-refractivity contribution in [1.29, 1.82) is 0 Å². The summed E-state index contributed by atoms with van der Waals surface area (Å²) in [5.74, 6) is -0.484. The van der Waals surface area contributed by atoms with Crippen LogP contribution >= 0.6 is 11.8 Å². The highest BCUT2D eigenvalue weighted by molar-refractivity contribution is 8.13. The molecule has 0 saturated carbocycles. The molecular formula is C11H17NO5S. The van der Waals surface area contributed by atoms with Crippen molar-refractivity contribution in [2.24, 2.45) is 5.92 Å². The van der Waals surface area contributed by atoms with Crippen molar-refractivity contribution in [2.45, 2.75) is 25.9 Å². The molecule has 0 aliphatic carbocycles. The normalized spacial score (nSPS) is 21.1. The van der Waals surface area contributed by atoms with Gasteiger partial charge in [0.05, 0.1) is 12.5 Å². The van der Waals surface area contributed by atoms with Crippen molar-refractivity contribution in [3.8, 4) is 0 Å². The van der Waals surface area contributed by atoms with Gasteiger partial charge in [-0.15, -0.1) is 0 Å². The Kier molecular flexibility index (Phi) is 5.61. The first-order valence-corrected chi connectivity index (χ1v) is 6.68. The zero-order valence-corrected chi connectivity index (χ0v) is 11.0. The number of nitrogens with zero attached hydrogens (tertiary/aromatic N) is 1. The van der Waals surface area contributed by atoms with E-state index in [0.29, 0.717) is 18.7 Å². The number of rotatable bonds is 6. The lowest BCUT2D eigenvalue weighted by Crippen LogP contribution is -2.34. The molecule has 18 heavy (non-hydrogen) atoms. The number of amides is 1. The number of aliphatic hydroxyl groups excluding tert-OH is 1. The Morgan fingerprint density at radius 3 is 2.78 bits per heavy atom. The summed E-state index contributed by atoms with van der Waals surface area (Å²) in [7, 11) is 0. The third-order valence-corrected chi connectivity index (χ3v) is 3.70. The van der Waals surface area contributed by atoms with E-state index in [1.165, 1.54) is 23.6 Å². The summed E-state index contributed by atoms with van der Waals surface area (Å²) in [4.78, 5) is 34.3. The quantitative estimate of drug-likeness (QED) is 0.705. The first-order valence-electron chi connectivity index (χ1n) is 5.69. The van der Waals surface area contributed by atoms with Crippen LogP contribution in [0.3, 0.4) is 0 Å². The minimum Gasteiger partial charge on any atom is -0.481 e. The van der Waals surface area contributed by atoms with Gasteiger partial charge in [0.1, 0.15) is 0 Å². The highest BCUT2D eigenvalue weighted by atomic mass is 32.2. The van der Waals surface area contributed by atoms with E-state index >= 15 is 0 Å². The molecule has 1 heterocycles. The highest BCUT2D eigenvalue weighted by Gasteiger charge is 2.31. The van der Waals surface area contributed by atoms with E-state index in [2.05, 4.69) is 0 Å². The van der Waals surface area contributed by atoms with Crippen LogP contribution in [0.5, 0.6) is 0 Å². The van der Waals surface area contributed by atoms with E-state index < -0.39 is 12.1 Å². The summed E-state index contributed by atoms with van der Waals surface area (Å²) < 4.78 is 0. The second kappa shape index (κ2) is 6.75. The SMILES string of the molecule is CC(=O)SCC1CC(=O)N(CC(O)CC(=O)O)C1. The van der Waals surface area contributed by atoms with Crippen LogP contribution in [0, 0.1) is 5.92 Å². The van der Waals surface area contributed by atoms with Gasteiger partial charge in [0.15, 0.2) is 5.12 Å². The van der Waals surface area contributed by atoms with E-state index in [4.69, 9.17) is 5.11 Å². The average molecular weight is 275 g/mol. The number of β-amino-alcohol motifs (C(OH)–C–C–N with tert-alkyl or cyclic N) is 1. The monoisotopic (exact) mass is 275 g/mol. The minimum atomic E-state index is -1.09. The van der Waals surface area contributed by atoms with Gasteiger partial charge in [-0.1, -0.05) is 11.8 Å². The summed E-state index contributed by atoms with van der Waals surface area (Å²) in [5.41, 5.74) is 0. The molecule has 1 rings (SSSR count). The Hall–Kier alpha value is -1.08. The van der Waals surface area contributed by atoms with Gasteiger partial charge in [-0.3, -0.25) is 14.4 Å². The molecule has 0 spiro atoms. The molecule has 0 radical (unpaired) electrons. The van der Waals surface area contributed by atoms with Crippen LogP contribution in [-0.4, -0.2) is 57.1 Å². The summed E-state index contributed by atoms with van der Waals surface area (Å²) >= 11 is 1.19. The predicted molar refractivity (Wildman–Crippen MR) is 66.1 cm³/mol. The average Bonchev–Trinajstić information content (AvgIpc) is 2.55. The molecule has 0 aromatic rings. The molecule has 0 aromatic heterocycles. The van der Waals surface area contributed by atoms with Crippen molar-refractivity contribution in [1.82, 2.24) is 4.90 Å². The van der Waals surface area contributed by atoms with Crippen molar-refractivity contribution < 1.29 is 24.6 Å². The lowest BCUT2D eigenvalue weighted by Gasteiger charge is -2.19. The maximum Gasteiger partial charge on any atom is 0.306 e. The molecule has 6 nitrogen and oxygen atoms in total. The maximum absolute atomic E-state index is 11.6. The zero-order chi connectivity index (χ0) is 13.7. The largest absolute Gasteiger partial charge is 0.481 e. The number of aliphatic hydroxyl groups is 1. The highest BCUT2D eigenvalue weighted by Crippen LogP contribution is 2.22. The topological polar surface area (TPSA) is 94.9 Å². The third-order valence-electron chi connectivity index (χ3n) is 2.66. The number of carbonyl (C=O) groups is 3. The van der Waals surface area contributed by atoms with Crippen molar-refractivity contribution in [3.63, 3.8) is 0 Å². The number of carboxylic acids is 1. The molecule has 1 amide bonds. The van der Waals surface area contributed by atoms with Crippen LogP contribution in [0.15, 0.2) is 0 Å². The van der Waals surface area contributed by atoms with Crippen LogP contribution in [-0.2, 0) is 14.4 Å². The van der Waals surface area contributed by atoms with Crippen LogP contribution < -0.4 is 0 Å². The standard InChI is InChI=1S/C11H17NO5S/c1-7(13)18-6-8-2-10(15)12(4-8)5-9(14)3-11(16)17/h8-9,14H,2-6H2,1H3,(H,16,17). The fraction of sp³-hybridized carbons (Fsp3) is 0.727. The molecule has 1 aliphatic heterocycles. The van der Waals surface area contributed by atoms with Crippen molar-refractivity contribution in [3.05, 3.63) is 0 Å². The van der Waals surface area contributed by atoms with Gasteiger partial charge in [-0.2, -0.15) is 0 Å². The van der Waals surface area contributed by atoms with E-state index in [-0.39, 0.29) is 29.9 Å². The van der Waals surface area contributed by atoms with Crippen LogP contribution in [0.2, 0.25) is 0 Å². The number of carbonyl (C=O) groups excluding carboxylic acids is 2. The summed E-state index contributed by atoms with van der Waals surface area (Å²) in [6, 6.07) is 0. The lowest BCUT2D eigenvalue weighted by atomic mass is 10.1. The Morgan fingerprint density at radius 1 is 1.56 bits per heavy atom. The van der Waals surface area contributed by atoms with Gasteiger partial charge < -0.3 is 15.1 Å². The van der Waals surface area contributed by atoms with Crippen molar-refractivity contribution in [2.75, 3.05) is 18.8 Å². The molecule has 2 N–H and O–H groups in total. The van der Waals surface area contributed by atoms with E-state index in [0.717, 1.165) is 0 Å². The lowest BCUT2D eigenvalue weighted by molar-refractivity contribution is -0.140. The van der Waals surface area contributed by atoms with Crippen LogP contribution in [0.4, 0.5) is 0 Å². The second-order valence-corrected chi connectivity index (χ2v) is 5.62. The first-order chi connectivity index (χ1) is 8.38. The Labute approximate surface area is 109 Å². The van der Waals surface area contributed by atoms with Gasteiger partial charge in [0, 0.05) is 32.2 Å². The molecule has 7 heteroatoms. The van der Waals surface area contributed by atoms with E-state index in [1.807, 2.05) is 0 Å². The zero-order valence-electron chi connectivity index (χ0n) is 10.2. The van der Waals surface area contributed by atoms with E-state index in [1.54, 1.807) is 0 Å². The fourth-order valence-corrected chi connectivity index (χ4v) is 2.59. The van der Waals surface area contributed by atoms with Gasteiger partial charge in [0.25, 0.3) is 0 Å². The van der Waals surface area contributed by atoms with Crippen LogP contribution in [0.1, 0.15) is 19.8 Å². The van der Waals surface area contributed by atoms with Gasteiger partial charge in [0.2, 0.25) is 5.91 Å². The summed E-state index contributed by atoms with van der Waals surface area (Å²) in [5, 5.41) is 18.0. The molecule has 2 unspecified atom stereocenters. The molecule has 0 aromatic carbocycles. The smallest absolute Gasteiger partial charge is 0.306 e. The van der Waals surface area contributed by atoms with Crippen LogP contribution in [0.25, 0.3) is 0 Å². The van der Waals surface area contributed by atoms with Gasteiger partial charge in [-0.05, 0) is 5.92 Å². The molecular weight excluding hydrogens is 258 g/mol. The Morgan fingerprint density at radius 2 is 2.22 bits per heavy atom. The first kappa shape index (κ1) is 15.0. The number of thioether (sulfide) groups is 1. The Balaban J connectivity index is 2.37. The minimum absolute atomic E-state index is 0.0202. The third kappa shape index (κ3) is 5.05. The van der Waals surface area contributed by atoms with Gasteiger partial charge >= 0.3 is 5.97 Å². The Bertz CT molecular complexity index is 346. The molecule has 1 aliphatic rings. The molecule has 1 saturated heterocycles. The number of aliphatic carboxylic acids is 1. The summed E-state index contributed by atoms with van der Waals surface area (Å²) in [6.07, 6.45) is -1.04. The van der Waals surface area contributed by atoms with E-state index in [9.17, 15) is 19.5 Å². The van der Waals surface area contributed by atoms with Gasteiger partial charge in [-0.25, -0.2) is 0 Å². The molecule has 2 atom stereocenters. The number of hydrogen-bond acceptors (Lipinski definition) is 5. The van der Waals surface area contributed by atoms with Crippen molar-refractivity contribution >= 4 is 28.8 Å². The predicted octanol–water partition coefficient (Wildman–Crippen LogP) is -0.0498. The molecule has 102 valence electrons. The molecule has 1 fully saturated rings. The number of carboxylic acid groups (broad SMARTS) is 1. The summed E-state index contributed by atoms with van der Waals surface area (Å²) in [6.45, 7) is 2.01. The number of likely N-dealkylation sites (tertiary alicyclic amines) is 1. The number of hydrogen-bond donors (Lipinski definition) is 2.